The van der Waals surface area contributed by atoms with Crippen LogP contribution in [0.25, 0.3) is 22.4 Å². The second-order valence-corrected chi connectivity index (χ2v) is 8.10. The molecular weight excluding hydrogens is 456 g/mol. The number of benzene rings is 2. The van der Waals surface area contributed by atoms with E-state index in [1.54, 1.807) is 24.3 Å². The summed E-state index contributed by atoms with van der Waals surface area (Å²) >= 11 is 7.56. The average Bonchev–Trinajstić information content (AvgIpc) is 3.26. The zero-order valence-corrected chi connectivity index (χ0v) is 19.3. The molecule has 2 aromatic carbocycles. The molecule has 0 aliphatic heterocycles. The molecule has 0 spiro atoms. The topological polar surface area (TPSA) is 96.8 Å². The molecule has 10 heteroatoms. The van der Waals surface area contributed by atoms with Gasteiger partial charge in [-0.15, -0.1) is 10.2 Å². The number of fused-ring (bicyclic) bond motifs is 1. The number of thioether (sulfide) groups is 1. The molecule has 2 aromatic heterocycles. The van der Waals surface area contributed by atoms with Gasteiger partial charge in [-0.3, -0.25) is 0 Å². The van der Waals surface area contributed by atoms with Crippen LogP contribution in [0.15, 0.2) is 49.2 Å². The van der Waals surface area contributed by atoms with Crippen molar-refractivity contribution in [3.05, 3.63) is 56.9 Å². The van der Waals surface area contributed by atoms with E-state index < -0.39 is 5.63 Å². The molecule has 166 valence electrons. The van der Waals surface area contributed by atoms with Gasteiger partial charge in [-0.2, -0.15) is 0 Å². The van der Waals surface area contributed by atoms with Crippen LogP contribution in [0.2, 0.25) is 5.02 Å². The lowest BCUT2D eigenvalue weighted by Gasteiger charge is -2.12. The summed E-state index contributed by atoms with van der Waals surface area (Å²) in [5.74, 6) is 2.13. The van der Waals surface area contributed by atoms with Gasteiger partial charge in [0.15, 0.2) is 11.5 Å². The van der Waals surface area contributed by atoms with Gasteiger partial charge in [-0.25, -0.2) is 4.79 Å². The number of methoxy groups -OCH3 is 3. The van der Waals surface area contributed by atoms with Crippen LogP contribution in [0.5, 0.6) is 17.2 Å². The van der Waals surface area contributed by atoms with Gasteiger partial charge in [-0.1, -0.05) is 23.4 Å². The first kappa shape index (κ1) is 22.0. The summed E-state index contributed by atoms with van der Waals surface area (Å²) in [6.07, 6.45) is 0. The Hall–Kier alpha value is -3.17. The molecule has 8 nitrogen and oxygen atoms in total. The van der Waals surface area contributed by atoms with Crippen LogP contribution in [-0.2, 0) is 5.75 Å². The fourth-order valence-electron chi connectivity index (χ4n) is 3.20. The molecule has 0 saturated heterocycles. The smallest absolute Gasteiger partial charge is 0.336 e. The maximum Gasteiger partial charge on any atom is 0.336 e. The highest BCUT2D eigenvalue weighted by Gasteiger charge is 2.18. The Bertz CT molecular complexity index is 1330. The molecule has 0 bridgehead atoms. The predicted molar refractivity (Wildman–Crippen MR) is 121 cm³/mol. The standard InChI is InChI=1S/C22H19ClN2O6S/c1-11-5-16-14(9-15(11)23)13(8-19(26)30-16)10-32-22-25-24-21(31-22)12-6-17(27-2)20(29-4)18(7-12)28-3/h5-9H,10H2,1-4H3. The van der Waals surface area contributed by atoms with Gasteiger partial charge in [0.1, 0.15) is 5.58 Å². The van der Waals surface area contributed by atoms with E-state index >= 15 is 0 Å². The number of nitrogens with zero attached hydrogens (tertiary/aromatic N) is 2. The summed E-state index contributed by atoms with van der Waals surface area (Å²) in [6, 6.07) is 8.44. The Balaban J connectivity index is 1.61. The summed E-state index contributed by atoms with van der Waals surface area (Å²) in [6.45, 7) is 1.85. The zero-order chi connectivity index (χ0) is 22.8. The van der Waals surface area contributed by atoms with Gasteiger partial charge in [0.25, 0.3) is 5.22 Å². The number of halogens is 1. The first-order chi connectivity index (χ1) is 15.4. The minimum absolute atomic E-state index is 0.294. The van der Waals surface area contributed by atoms with Crippen LogP contribution in [0.1, 0.15) is 11.1 Å². The van der Waals surface area contributed by atoms with Crippen molar-refractivity contribution in [1.29, 1.82) is 0 Å². The maximum absolute atomic E-state index is 12.0. The molecule has 2 heterocycles. The summed E-state index contributed by atoms with van der Waals surface area (Å²) in [5, 5.41) is 9.92. The molecule has 0 fully saturated rings. The zero-order valence-electron chi connectivity index (χ0n) is 17.7. The van der Waals surface area contributed by atoms with Crippen molar-refractivity contribution < 1.29 is 23.0 Å². The van der Waals surface area contributed by atoms with E-state index in [2.05, 4.69) is 10.2 Å². The van der Waals surface area contributed by atoms with E-state index in [9.17, 15) is 4.79 Å². The number of aryl methyl sites for hydroxylation is 1. The SMILES string of the molecule is COc1cc(-c2nnc(SCc3cc(=O)oc4cc(C)c(Cl)cc34)o2)cc(OC)c1OC. The summed E-state index contributed by atoms with van der Waals surface area (Å²) in [5.41, 5.74) is 2.26. The molecule has 0 aliphatic rings. The number of ether oxygens (including phenoxy) is 3. The van der Waals surface area contributed by atoms with E-state index in [0.29, 0.717) is 50.3 Å². The molecule has 0 amide bonds. The number of rotatable bonds is 7. The van der Waals surface area contributed by atoms with Crippen LogP contribution < -0.4 is 19.8 Å². The Morgan fingerprint density at radius 3 is 2.34 bits per heavy atom. The quantitative estimate of drug-likeness (QED) is 0.267. The second-order valence-electron chi connectivity index (χ2n) is 6.76. The molecule has 0 atom stereocenters. The lowest BCUT2D eigenvalue weighted by atomic mass is 10.1. The maximum atomic E-state index is 12.0. The molecule has 0 unspecified atom stereocenters. The predicted octanol–water partition coefficient (Wildman–Crippen LogP) is 5.12. The minimum Gasteiger partial charge on any atom is -0.493 e. The monoisotopic (exact) mass is 474 g/mol. The summed E-state index contributed by atoms with van der Waals surface area (Å²) in [7, 11) is 4.60. The van der Waals surface area contributed by atoms with Crippen molar-refractivity contribution in [2.75, 3.05) is 21.3 Å². The van der Waals surface area contributed by atoms with E-state index in [-0.39, 0.29) is 0 Å². The largest absolute Gasteiger partial charge is 0.493 e. The summed E-state index contributed by atoms with van der Waals surface area (Å²) < 4.78 is 27.2. The molecule has 0 radical (unpaired) electrons. The van der Waals surface area contributed by atoms with E-state index in [1.807, 2.05) is 6.92 Å². The first-order valence-corrected chi connectivity index (χ1v) is 10.8. The fraction of sp³-hybridized carbons (Fsp3) is 0.227. The Morgan fingerprint density at radius 1 is 0.969 bits per heavy atom. The van der Waals surface area contributed by atoms with Crippen molar-refractivity contribution in [3.63, 3.8) is 0 Å². The van der Waals surface area contributed by atoms with Crippen molar-refractivity contribution in [1.82, 2.24) is 10.2 Å². The van der Waals surface area contributed by atoms with Crippen LogP contribution in [0.4, 0.5) is 0 Å². The molecule has 0 N–H and O–H groups in total. The third kappa shape index (κ3) is 4.26. The Labute approximate surface area is 192 Å². The minimum atomic E-state index is -0.432. The number of hydrogen-bond acceptors (Lipinski definition) is 9. The van der Waals surface area contributed by atoms with Crippen molar-refractivity contribution in [3.8, 4) is 28.7 Å². The van der Waals surface area contributed by atoms with Crippen LogP contribution in [-0.4, -0.2) is 31.5 Å². The van der Waals surface area contributed by atoms with Gasteiger partial charge in [0.2, 0.25) is 11.6 Å². The van der Waals surface area contributed by atoms with Gasteiger partial charge >= 0.3 is 5.63 Å². The highest BCUT2D eigenvalue weighted by atomic mass is 35.5. The van der Waals surface area contributed by atoms with Crippen molar-refractivity contribution in [2.45, 2.75) is 17.9 Å². The summed E-state index contributed by atoms with van der Waals surface area (Å²) in [4.78, 5) is 12.0. The van der Waals surface area contributed by atoms with Crippen molar-refractivity contribution in [2.24, 2.45) is 0 Å². The molecule has 4 aromatic rings. The second kappa shape index (κ2) is 9.13. The third-order valence-electron chi connectivity index (χ3n) is 4.78. The van der Waals surface area contributed by atoms with Crippen LogP contribution >= 0.6 is 23.4 Å². The van der Waals surface area contributed by atoms with Gasteiger partial charge < -0.3 is 23.0 Å². The molecule has 4 rings (SSSR count). The van der Waals surface area contributed by atoms with Gasteiger partial charge in [-0.05, 0) is 42.3 Å². The number of aromatic nitrogens is 2. The number of hydrogen-bond donors (Lipinski definition) is 0. The Morgan fingerprint density at radius 2 is 1.69 bits per heavy atom. The van der Waals surface area contributed by atoms with E-state index in [4.69, 9.17) is 34.6 Å². The lowest BCUT2D eigenvalue weighted by molar-refractivity contribution is 0.324. The van der Waals surface area contributed by atoms with E-state index in [1.165, 1.54) is 39.2 Å². The normalized spacial score (nSPS) is 11.0. The molecular formula is C22H19ClN2O6S. The van der Waals surface area contributed by atoms with Gasteiger partial charge in [0, 0.05) is 27.8 Å². The molecule has 0 aliphatic carbocycles. The highest BCUT2D eigenvalue weighted by Crippen LogP contribution is 2.41. The lowest BCUT2D eigenvalue weighted by Crippen LogP contribution is -2.00. The fourth-order valence-corrected chi connectivity index (χ4v) is 4.11. The molecule has 0 saturated carbocycles. The third-order valence-corrected chi connectivity index (χ3v) is 6.05. The van der Waals surface area contributed by atoms with Crippen LogP contribution in [0.3, 0.4) is 0 Å². The highest BCUT2D eigenvalue weighted by molar-refractivity contribution is 7.98. The van der Waals surface area contributed by atoms with Crippen molar-refractivity contribution >= 4 is 34.3 Å². The first-order valence-electron chi connectivity index (χ1n) is 9.43. The average molecular weight is 475 g/mol. The molecule has 32 heavy (non-hydrogen) atoms. The van der Waals surface area contributed by atoms with Crippen LogP contribution in [0, 0.1) is 6.92 Å². The Kier molecular flexibility index (Phi) is 6.29. The van der Waals surface area contributed by atoms with Gasteiger partial charge in [0.05, 0.1) is 21.3 Å². The van der Waals surface area contributed by atoms with E-state index in [0.717, 1.165) is 16.5 Å².